The topological polar surface area (TPSA) is 52.9 Å². The van der Waals surface area contributed by atoms with Crippen LogP contribution in [0.2, 0.25) is 0 Å². The summed E-state index contributed by atoms with van der Waals surface area (Å²) < 4.78 is 0. The minimum Gasteiger partial charge on any atom is -0.354 e. The maximum absolute atomic E-state index is 12.1. The van der Waals surface area contributed by atoms with Gasteiger partial charge in [-0.2, -0.15) is 5.26 Å². The van der Waals surface area contributed by atoms with Crippen molar-refractivity contribution in [3.8, 4) is 6.07 Å². The van der Waals surface area contributed by atoms with Crippen LogP contribution in [0.1, 0.15) is 51.9 Å². The Bertz CT molecular complexity index is 326. The van der Waals surface area contributed by atoms with Crippen LogP contribution in [0.3, 0.4) is 0 Å². The fourth-order valence-corrected chi connectivity index (χ4v) is 3.29. The molecule has 94 valence electrons. The molecule has 2 fully saturated rings. The average Bonchev–Trinajstić information content (AvgIpc) is 2.95. The fourth-order valence-electron chi connectivity index (χ4n) is 3.29. The number of hydrogen-bond donors (Lipinski definition) is 1. The van der Waals surface area contributed by atoms with E-state index in [2.05, 4.69) is 18.3 Å². The van der Waals surface area contributed by atoms with Crippen molar-refractivity contribution in [1.29, 1.82) is 5.26 Å². The minimum absolute atomic E-state index is 0.0170. The normalized spacial score (nSPS) is 31.1. The monoisotopic (exact) mass is 234 g/mol. The molecule has 0 aliphatic heterocycles. The van der Waals surface area contributed by atoms with Crippen molar-refractivity contribution >= 4 is 5.91 Å². The third kappa shape index (κ3) is 2.46. The Balaban J connectivity index is 1.86. The van der Waals surface area contributed by atoms with Gasteiger partial charge in [-0.1, -0.05) is 32.6 Å². The lowest BCUT2D eigenvalue weighted by Gasteiger charge is -2.22. The first-order valence-electron chi connectivity index (χ1n) is 6.87. The first kappa shape index (κ1) is 12.4. The molecule has 2 atom stereocenters. The molecule has 0 bridgehead atoms. The fraction of sp³-hybridized carbons (Fsp3) is 0.857. The molecule has 3 heteroatoms. The highest BCUT2D eigenvalue weighted by molar-refractivity contribution is 5.85. The van der Waals surface area contributed by atoms with Crippen molar-refractivity contribution in [2.24, 2.45) is 17.3 Å². The lowest BCUT2D eigenvalue weighted by atomic mass is 9.86. The predicted octanol–water partition coefficient (Wildman–Crippen LogP) is 2.62. The van der Waals surface area contributed by atoms with Crippen LogP contribution < -0.4 is 5.32 Å². The van der Waals surface area contributed by atoms with Crippen molar-refractivity contribution in [1.82, 2.24) is 5.32 Å². The Hall–Kier alpha value is -1.04. The molecule has 3 nitrogen and oxygen atoms in total. The maximum atomic E-state index is 12.1. The molecule has 0 heterocycles. The first-order chi connectivity index (χ1) is 8.18. The van der Waals surface area contributed by atoms with Gasteiger partial charge < -0.3 is 5.32 Å². The molecule has 1 amide bonds. The quantitative estimate of drug-likeness (QED) is 0.816. The summed E-state index contributed by atoms with van der Waals surface area (Å²) in [6.07, 6.45) is 7.31. The maximum Gasteiger partial charge on any atom is 0.240 e. The predicted molar refractivity (Wildman–Crippen MR) is 66.0 cm³/mol. The number of amides is 1. The van der Waals surface area contributed by atoms with Crippen LogP contribution in [-0.4, -0.2) is 12.5 Å². The second kappa shape index (κ2) is 5.08. The van der Waals surface area contributed by atoms with Gasteiger partial charge in [-0.05, 0) is 31.1 Å². The molecule has 2 unspecified atom stereocenters. The van der Waals surface area contributed by atoms with E-state index in [9.17, 15) is 10.1 Å². The lowest BCUT2D eigenvalue weighted by Crippen LogP contribution is -2.40. The van der Waals surface area contributed by atoms with Crippen LogP contribution in [0.5, 0.6) is 0 Å². The molecule has 2 rings (SSSR count). The molecule has 0 radical (unpaired) electrons. The van der Waals surface area contributed by atoms with E-state index in [-0.39, 0.29) is 5.91 Å². The highest BCUT2D eigenvalue weighted by Gasteiger charge is 2.41. The summed E-state index contributed by atoms with van der Waals surface area (Å²) in [5, 5.41) is 12.2. The number of carbonyl (C=O) groups excluding carboxylic acids is 1. The van der Waals surface area contributed by atoms with E-state index in [4.69, 9.17) is 0 Å². The lowest BCUT2D eigenvalue weighted by molar-refractivity contribution is -0.128. The van der Waals surface area contributed by atoms with E-state index in [0.717, 1.165) is 38.1 Å². The highest BCUT2D eigenvalue weighted by atomic mass is 16.2. The van der Waals surface area contributed by atoms with Gasteiger partial charge in [-0.25, -0.2) is 0 Å². The van der Waals surface area contributed by atoms with Crippen molar-refractivity contribution in [2.75, 3.05) is 6.54 Å². The van der Waals surface area contributed by atoms with E-state index >= 15 is 0 Å². The van der Waals surface area contributed by atoms with Gasteiger partial charge in [-0.15, -0.1) is 0 Å². The van der Waals surface area contributed by atoms with Crippen molar-refractivity contribution < 1.29 is 4.79 Å². The number of nitrogens with zero attached hydrogens (tertiary/aromatic N) is 1. The molecule has 2 saturated carbocycles. The smallest absolute Gasteiger partial charge is 0.240 e. The Morgan fingerprint density at radius 1 is 1.35 bits per heavy atom. The van der Waals surface area contributed by atoms with E-state index < -0.39 is 5.41 Å². The molecular weight excluding hydrogens is 212 g/mol. The second-order valence-electron chi connectivity index (χ2n) is 5.78. The van der Waals surface area contributed by atoms with Crippen LogP contribution in [0.15, 0.2) is 0 Å². The Kier molecular flexibility index (Phi) is 3.71. The van der Waals surface area contributed by atoms with Crippen LogP contribution in [0, 0.1) is 28.6 Å². The zero-order valence-corrected chi connectivity index (χ0v) is 10.7. The summed E-state index contributed by atoms with van der Waals surface area (Å²) >= 11 is 0. The first-order valence-corrected chi connectivity index (χ1v) is 6.87. The van der Waals surface area contributed by atoms with Crippen molar-refractivity contribution in [3.63, 3.8) is 0 Å². The number of rotatable bonds is 3. The largest absolute Gasteiger partial charge is 0.354 e. The molecule has 0 aromatic carbocycles. The molecule has 2 aliphatic rings. The van der Waals surface area contributed by atoms with Gasteiger partial charge in [0.1, 0.15) is 5.41 Å². The molecule has 0 spiro atoms. The molecular formula is C14H22N2O. The molecule has 2 aliphatic carbocycles. The molecule has 17 heavy (non-hydrogen) atoms. The van der Waals surface area contributed by atoms with Crippen LogP contribution in [0.25, 0.3) is 0 Å². The Morgan fingerprint density at radius 3 is 2.59 bits per heavy atom. The van der Waals surface area contributed by atoms with Crippen molar-refractivity contribution in [3.05, 3.63) is 0 Å². The third-order valence-corrected chi connectivity index (χ3v) is 4.67. The Morgan fingerprint density at radius 2 is 2.06 bits per heavy atom. The molecule has 0 aromatic heterocycles. The summed E-state index contributed by atoms with van der Waals surface area (Å²) in [4.78, 5) is 12.1. The van der Waals surface area contributed by atoms with Gasteiger partial charge in [0.25, 0.3) is 0 Å². The highest BCUT2D eigenvalue weighted by Crippen LogP contribution is 2.38. The average molecular weight is 234 g/mol. The number of hydrogen-bond acceptors (Lipinski definition) is 2. The van der Waals surface area contributed by atoms with Crippen LogP contribution in [0.4, 0.5) is 0 Å². The molecule has 0 aromatic rings. The van der Waals surface area contributed by atoms with Crippen LogP contribution in [-0.2, 0) is 4.79 Å². The zero-order valence-electron chi connectivity index (χ0n) is 10.7. The SMILES string of the molecule is CC1CCCC1CNC(=O)C1(C#N)CCCC1. The van der Waals surface area contributed by atoms with Gasteiger partial charge in [0.05, 0.1) is 6.07 Å². The molecule has 1 N–H and O–H groups in total. The second-order valence-corrected chi connectivity index (χ2v) is 5.78. The third-order valence-electron chi connectivity index (χ3n) is 4.67. The Labute approximate surface area is 104 Å². The van der Waals surface area contributed by atoms with Crippen molar-refractivity contribution in [2.45, 2.75) is 51.9 Å². The summed E-state index contributed by atoms with van der Waals surface area (Å²) in [6, 6.07) is 2.25. The zero-order chi connectivity index (χ0) is 12.3. The van der Waals surface area contributed by atoms with Gasteiger partial charge in [0.2, 0.25) is 5.91 Å². The van der Waals surface area contributed by atoms with Gasteiger partial charge in [0, 0.05) is 6.54 Å². The summed E-state index contributed by atoms with van der Waals surface area (Å²) in [7, 11) is 0. The van der Waals surface area contributed by atoms with E-state index in [1.54, 1.807) is 0 Å². The molecule has 0 saturated heterocycles. The van der Waals surface area contributed by atoms with E-state index in [0.29, 0.717) is 5.92 Å². The van der Waals surface area contributed by atoms with Gasteiger partial charge in [-0.3, -0.25) is 4.79 Å². The summed E-state index contributed by atoms with van der Waals surface area (Å²) in [6.45, 7) is 3.03. The van der Waals surface area contributed by atoms with E-state index in [1.165, 1.54) is 19.3 Å². The summed E-state index contributed by atoms with van der Waals surface area (Å²) in [5.74, 6) is 1.32. The number of nitriles is 1. The van der Waals surface area contributed by atoms with Crippen LogP contribution >= 0.6 is 0 Å². The number of carbonyl (C=O) groups is 1. The van der Waals surface area contributed by atoms with E-state index in [1.807, 2.05) is 0 Å². The minimum atomic E-state index is -0.707. The summed E-state index contributed by atoms with van der Waals surface area (Å²) in [5.41, 5.74) is -0.707. The van der Waals surface area contributed by atoms with Gasteiger partial charge >= 0.3 is 0 Å². The standard InChI is InChI=1S/C14H22N2O/c1-11-5-4-6-12(11)9-16-13(17)14(10-15)7-2-3-8-14/h11-12H,2-9H2,1H3,(H,16,17). The number of nitrogens with one attached hydrogen (secondary N) is 1. The van der Waals surface area contributed by atoms with Gasteiger partial charge in [0.15, 0.2) is 0 Å².